The van der Waals surface area contributed by atoms with Gasteiger partial charge in [-0.1, -0.05) is 12.1 Å². The van der Waals surface area contributed by atoms with Crippen molar-refractivity contribution in [3.8, 4) is 10.8 Å². The zero-order valence-electron chi connectivity index (χ0n) is 11.1. The molecule has 1 aliphatic rings. The fourth-order valence-electron chi connectivity index (χ4n) is 2.28. The van der Waals surface area contributed by atoms with E-state index in [2.05, 4.69) is 30.1 Å². The minimum atomic E-state index is -0.346. The molecule has 1 fully saturated rings. The molecule has 6 heteroatoms. The molecule has 3 rings (SSSR count). The Kier molecular flexibility index (Phi) is 3.99. The van der Waals surface area contributed by atoms with Crippen molar-refractivity contribution >= 4 is 23.7 Å². The van der Waals surface area contributed by atoms with Gasteiger partial charge in [0.1, 0.15) is 0 Å². The lowest BCUT2D eigenvalue weighted by molar-refractivity contribution is 0.229. The summed E-state index contributed by atoms with van der Waals surface area (Å²) in [5, 5.41) is 4.05. The molecule has 0 radical (unpaired) electrons. The van der Waals surface area contributed by atoms with E-state index in [1.165, 1.54) is 10.4 Å². The Balaban J connectivity index is 0.00000133. The van der Waals surface area contributed by atoms with Crippen LogP contribution in [0.2, 0.25) is 0 Å². The molecule has 0 unspecified atom stereocenters. The second-order valence-corrected chi connectivity index (χ2v) is 6.23. The fraction of sp³-hybridized carbons (Fsp3) is 0.538. The van der Waals surface area contributed by atoms with Crippen LogP contribution in [0.5, 0.6) is 0 Å². The van der Waals surface area contributed by atoms with E-state index in [-0.39, 0.29) is 17.9 Å². The lowest BCUT2D eigenvalue weighted by Gasteiger charge is -2.34. The van der Waals surface area contributed by atoms with Crippen molar-refractivity contribution in [2.24, 2.45) is 5.73 Å². The van der Waals surface area contributed by atoms with Crippen LogP contribution in [0, 0.1) is 6.92 Å². The van der Waals surface area contributed by atoms with Crippen LogP contribution in [0.25, 0.3) is 10.8 Å². The molecule has 0 atom stereocenters. The molecule has 0 spiro atoms. The van der Waals surface area contributed by atoms with Gasteiger partial charge in [0, 0.05) is 4.88 Å². The first-order valence-corrected chi connectivity index (χ1v) is 7.17. The van der Waals surface area contributed by atoms with Crippen LogP contribution in [-0.2, 0) is 12.0 Å². The maximum absolute atomic E-state index is 6.20. The lowest BCUT2D eigenvalue weighted by Crippen LogP contribution is -2.44. The second-order valence-electron chi connectivity index (χ2n) is 4.98. The number of rotatable bonds is 3. The van der Waals surface area contributed by atoms with Gasteiger partial charge >= 0.3 is 0 Å². The van der Waals surface area contributed by atoms with Crippen molar-refractivity contribution in [1.29, 1.82) is 0 Å². The van der Waals surface area contributed by atoms with Crippen molar-refractivity contribution in [2.75, 3.05) is 0 Å². The first kappa shape index (κ1) is 14.5. The molecule has 1 aliphatic carbocycles. The molecule has 0 aromatic carbocycles. The van der Waals surface area contributed by atoms with Crippen LogP contribution in [0.4, 0.5) is 0 Å². The fourth-order valence-corrected chi connectivity index (χ4v) is 3.32. The average molecular weight is 300 g/mol. The van der Waals surface area contributed by atoms with Gasteiger partial charge in [0.15, 0.2) is 5.82 Å². The highest BCUT2D eigenvalue weighted by molar-refractivity contribution is 7.15. The van der Waals surface area contributed by atoms with Gasteiger partial charge in [0.25, 0.3) is 5.89 Å². The van der Waals surface area contributed by atoms with Crippen LogP contribution >= 0.6 is 23.7 Å². The highest BCUT2D eigenvalue weighted by Crippen LogP contribution is 2.38. The van der Waals surface area contributed by atoms with Gasteiger partial charge in [-0.15, -0.1) is 23.7 Å². The van der Waals surface area contributed by atoms with E-state index in [0.717, 1.165) is 30.6 Å². The Morgan fingerprint density at radius 3 is 2.74 bits per heavy atom. The smallest absolute Gasteiger partial charge is 0.268 e. The number of aromatic nitrogens is 2. The number of aryl methyl sites for hydroxylation is 2. The van der Waals surface area contributed by atoms with Gasteiger partial charge < -0.3 is 10.3 Å². The quantitative estimate of drug-likeness (QED) is 0.943. The predicted molar refractivity (Wildman–Crippen MR) is 78.7 cm³/mol. The maximum Gasteiger partial charge on any atom is 0.268 e. The Morgan fingerprint density at radius 2 is 2.21 bits per heavy atom. The Bertz CT molecular complexity index is 574. The summed E-state index contributed by atoms with van der Waals surface area (Å²) >= 11 is 1.70. The molecule has 19 heavy (non-hydrogen) atoms. The molecule has 2 aromatic heterocycles. The largest absolute Gasteiger partial charge is 0.333 e. The standard InChI is InChI=1S/C13H17N3OS.ClH/c1-3-9-7-10(18-8(9)2)11-15-12(16-17-11)13(14)5-4-6-13;/h7H,3-6,14H2,1-2H3;1H. The average Bonchev–Trinajstić information content (AvgIpc) is 2.92. The molecule has 2 heterocycles. The Hall–Kier alpha value is -0.910. The molecule has 2 aromatic rings. The monoisotopic (exact) mass is 299 g/mol. The van der Waals surface area contributed by atoms with Crippen LogP contribution < -0.4 is 5.73 Å². The number of nitrogens with zero attached hydrogens (tertiary/aromatic N) is 2. The third kappa shape index (κ3) is 2.42. The zero-order valence-corrected chi connectivity index (χ0v) is 12.7. The van der Waals surface area contributed by atoms with Crippen molar-refractivity contribution in [2.45, 2.75) is 45.1 Å². The first-order chi connectivity index (χ1) is 8.62. The van der Waals surface area contributed by atoms with Crippen molar-refractivity contribution in [3.05, 3.63) is 22.3 Å². The SMILES string of the molecule is CCc1cc(-c2nc(C3(N)CCC3)no2)sc1C.Cl. The number of thiophene rings is 1. The van der Waals surface area contributed by atoms with Gasteiger partial charge in [-0.2, -0.15) is 4.98 Å². The molecular formula is C13H18ClN3OS. The van der Waals surface area contributed by atoms with Crippen molar-refractivity contribution in [3.63, 3.8) is 0 Å². The normalized spacial score (nSPS) is 16.8. The number of halogens is 1. The van der Waals surface area contributed by atoms with Crippen LogP contribution in [0.3, 0.4) is 0 Å². The summed E-state index contributed by atoms with van der Waals surface area (Å²) in [6.45, 7) is 4.28. The van der Waals surface area contributed by atoms with Gasteiger partial charge in [0.2, 0.25) is 0 Å². The zero-order chi connectivity index (χ0) is 12.8. The third-order valence-corrected chi connectivity index (χ3v) is 4.81. The first-order valence-electron chi connectivity index (χ1n) is 6.35. The van der Waals surface area contributed by atoms with E-state index in [1.807, 2.05) is 0 Å². The summed E-state index contributed by atoms with van der Waals surface area (Å²) in [6.07, 6.45) is 4.09. The van der Waals surface area contributed by atoms with Gasteiger partial charge in [0.05, 0.1) is 10.4 Å². The topological polar surface area (TPSA) is 64.9 Å². The van der Waals surface area contributed by atoms with Crippen molar-refractivity contribution < 1.29 is 4.52 Å². The minimum Gasteiger partial charge on any atom is -0.333 e. The molecule has 4 nitrogen and oxygen atoms in total. The molecule has 1 saturated carbocycles. The van der Waals surface area contributed by atoms with Crippen LogP contribution in [0.1, 0.15) is 42.5 Å². The number of hydrogen-bond acceptors (Lipinski definition) is 5. The molecule has 2 N–H and O–H groups in total. The van der Waals surface area contributed by atoms with E-state index in [4.69, 9.17) is 10.3 Å². The summed E-state index contributed by atoms with van der Waals surface area (Å²) in [6, 6.07) is 2.14. The summed E-state index contributed by atoms with van der Waals surface area (Å²) in [4.78, 5) is 6.84. The second kappa shape index (κ2) is 5.23. The molecule has 0 amide bonds. The molecule has 0 saturated heterocycles. The maximum atomic E-state index is 6.20. The summed E-state index contributed by atoms with van der Waals surface area (Å²) < 4.78 is 5.35. The minimum absolute atomic E-state index is 0. The molecular weight excluding hydrogens is 282 g/mol. The van der Waals surface area contributed by atoms with E-state index < -0.39 is 0 Å². The van der Waals surface area contributed by atoms with E-state index in [9.17, 15) is 0 Å². The molecule has 104 valence electrons. The Morgan fingerprint density at radius 1 is 1.47 bits per heavy atom. The lowest BCUT2D eigenvalue weighted by atomic mass is 9.77. The predicted octanol–water partition coefficient (Wildman–Crippen LogP) is 3.43. The van der Waals surface area contributed by atoms with Gasteiger partial charge in [-0.25, -0.2) is 0 Å². The van der Waals surface area contributed by atoms with Crippen LogP contribution in [-0.4, -0.2) is 10.1 Å². The highest BCUT2D eigenvalue weighted by atomic mass is 35.5. The van der Waals surface area contributed by atoms with Gasteiger partial charge in [-0.05, 0) is 44.2 Å². The van der Waals surface area contributed by atoms with E-state index >= 15 is 0 Å². The molecule has 0 aliphatic heterocycles. The highest BCUT2D eigenvalue weighted by Gasteiger charge is 2.39. The summed E-state index contributed by atoms with van der Waals surface area (Å²) in [5.41, 5.74) is 7.20. The Labute approximate surface area is 122 Å². The van der Waals surface area contributed by atoms with Gasteiger partial charge in [-0.3, -0.25) is 0 Å². The molecule has 0 bridgehead atoms. The summed E-state index contributed by atoms with van der Waals surface area (Å²) in [5.74, 6) is 1.27. The van der Waals surface area contributed by atoms with E-state index in [0.29, 0.717) is 11.7 Å². The van der Waals surface area contributed by atoms with Crippen molar-refractivity contribution in [1.82, 2.24) is 10.1 Å². The summed E-state index contributed by atoms with van der Waals surface area (Å²) in [7, 11) is 0. The number of hydrogen-bond donors (Lipinski definition) is 1. The third-order valence-electron chi connectivity index (χ3n) is 3.73. The van der Waals surface area contributed by atoms with Crippen LogP contribution in [0.15, 0.2) is 10.6 Å². The number of nitrogens with two attached hydrogens (primary N) is 1. The van der Waals surface area contributed by atoms with E-state index in [1.54, 1.807) is 11.3 Å².